The van der Waals surface area contributed by atoms with E-state index in [1.165, 1.54) is 5.69 Å². The van der Waals surface area contributed by atoms with E-state index in [4.69, 9.17) is 21.1 Å². The summed E-state index contributed by atoms with van der Waals surface area (Å²) in [5.41, 5.74) is 4.02. The van der Waals surface area contributed by atoms with Crippen molar-refractivity contribution in [3.63, 3.8) is 0 Å². The Morgan fingerprint density at radius 2 is 2.00 bits per heavy atom. The Labute approximate surface area is 149 Å². The second-order valence-corrected chi connectivity index (χ2v) is 6.75. The van der Waals surface area contributed by atoms with Crippen LogP contribution in [0.15, 0.2) is 36.4 Å². The number of ether oxygens (including phenoxy) is 2. The smallest absolute Gasteiger partial charge is 0.254 e. The normalized spacial score (nSPS) is 15.5. The lowest BCUT2D eigenvalue weighted by molar-refractivity contribution is 0.0734. The van der Waals surface area contributed by atoms with Crippen LogP contribution in [0.5, 0.6) is 11.5 Å². The number of carbonyl (C=O) groups is 1. The predicted molar refractivity (Wildman–Crippen MR) is 94.3 cm³/mol. The van der Waals surface area contributed by atoms with E-state index in [-0.39, 0.29) is 12.7 Å². The van der Waals surface area contributed by atoms with Gasteiger partial charge in [-0.3, -0.25) is 4.79 Å². The van der Waals surface area contributed by atoms with Crippen LogP contribution in [0.1, 0.15) is 21.6 Å². The third kappa shape index (κ3) is 2.35. The number of halogens is 1. The molecule has 2 aromatic carbocycles. The van der Waals surface area contributed by atoms with Crippen molar-refractivity contribution in [1.82, 2.24) is 9.88 Å². The van der Waals surface area contributed by atoms with Gasteiger partial charge in [-0.2, -0.15) is 0 Å². The molecule has 0 radical (unpaired) electrons. The molecule has 5 nitrogen and oxygen atoms in total. The first kappa shape index (κ1) is 14.7. The fraction of sp³-hybridized carbons (Fsp3) is 0.211. The number of carbonyl (C=O) groups excluding carboxylic acids is 1. The highest BCUT2D eigenvalue weighted by molar-refractivity contribution is 6.31. The molecule has 3 heterocycles. The van der Waals surface area contributed by atoms with Crippen molar-refractivity contribution in [2.75, 3.05) is 13.3 Å². The molecule has 0 saturated heterocycles. The summed E-state index contributed by atoms with van der Waals surface area (Å²) in [6.07, 6.45) is 0.803. The number of aromatic nitrogens is 1. The maximum absolute atomic E-state index is 12.9. The van der Waals surface area contributed by atoms with Crippen LogP contribution in [0.2, 0.25) is 5.02 Å². The molecule has 1 N–H and O–H groups in total. The summed E-state index contributed by atoms with van der Waals surface area (Å²) in [6.45, 7) is 1.46. The van der Waals surface area contributed by atoms with Gasteiger partial charge in [-0.05, 0) is 36.4 Å². The van der Waals surface area contributed by atoms with Crippen LogP contribution in [0.3, 0.4) is 0 Å². The molecule has 0 unspecified atom stereocenters. The van der Waals surface area contributed by atoms with E-state index in [2.05, 4.69) is 4.98 Å². The third-order valence-electron chi connectivity index (χ3n) is 4.84. The van der Waals surface area contributed by atoms with Gasteiger partial charge in [-0.1, -0.05) is 11.6 Å². The fourth-order valence-electron chi connectivity index (χ4n) is 3.57. The van der Waals surface area contributed by atoms with Gasteiger partial charge in [0.1, 0.15) is 0 Å². The van der Waals surface area contributed by atoms with Crippen molar-refractivity contribution in [2.24, 2.45) is 0 Å². The summed E-state index contributed by atoms with van der Waals surface area (Å²) in [5, 5.41) is 1.79. The summed E-state index contributed by atoms with van der Waals surface area (Å²) >= 11 is 6.15. The first-order valence-electron chi connectivity index (χ1n) is 8.17. The molecule has 1 aromatic heterocycles. The Bertz CT molecular complexity index is 1010. The van der Waals surface area contributed by atoms with Crippen LogP contribution in [0.4, 0.5) is 0 Å². The molecule has 25 heavy (non-hydrogen) atoms. The SMILES string of the molecule is O=C(c1ccc2c(c1)OCO2)N1CCc2[nH]c3ccc(Cl)cc3c2C1. The van der Waals surface area contributed by atoms with E-state index < -0.39 is 0 Å². The number of hydrogen-bond acceptors (Lipinski definition) is 3. The number of amides is 1. The third-order valence-corrected chi connectivity index (χ3v) is 5.08. The van der Waals surface area contributed by atoms with Gasteiger partial charge in [0, 0.05) is 52.3 Å². The van der Waals surface area contributed by atoms with Crippen molar-refractivity contribution in [2.45, 2.75) is 13.0 Å². The summed E-state index contributed by atoms with van der Waals surface area (Å²) in [5.74, 6) is 1.31. The average molecular weight is 355 g/mol. The number of nitrogens with one attached hydrogen (secondary N) is 1. The monoisotopic (exact) mass is 354 g/mol. The van der Waals surface area contributed by atoms with Crippen LogP contribution in [-0.4, -0.2) is 29.1 Å². The number of rotatable bonds is 1. The van der Waals surface area contributed by atoms with E-state index in [1.807, 2.05) is 23.1 Å². The van der Waals surface area contributed by atoms with Gasteiger partial charge in [0.25, 0.3) is 5.91 Å². The fourth-order valence-corrected chi connectivity index (χ4v) is 3.74. The van der Waals surface area contributed by atoms with Gasteiger partial charge in [-0.25, -0.2) is 0 Å². The standard InChI is InChI=1S/C19H15ClN2O3/c20-12-2-3-15-13(8-12)14-9-22(6-5-16(14)21-15)19(23)11-1-4-17-18(7-11)25-10-24-17/h1-4,7-8,21H,5-6,9-10H2. The number of hydrogen-bond donors (Lipinski definition) is 1. The van der Waals surface area contributed by atoms with Gasteiger partial charge in [-0.15, -0.1) is 0 Å². The van der Waals surface area contributed by atoms with Crippen LogP contribution < -0.4 is 9.47 Å². The van der Waals surface area contributed by atoms with E-state index in [9.17, 15) is 4.79 Å². The second kappa shape index (κ2) is 5.43. The van der Waals surface area contributed by atoms with Crippen LogP contribution in [0.25, 0.3) is 10.9 Å². The Kier molecular flexibility index (Phi) is 3.18. The first-order valence-corrected chi connectivity index (χ1v) is 8.55. The zero-order valence-corrected chi connectivity index (χ0v) is 14.1. The number of nitrogens with zero attached hydrogens (tertiary/aromatic N) is 1. The highest BCUT2D eigenvalue weighted by Gasteiger charge is 2.26. The number of fused-ring (bicyclic) bond motifs is 4. The summed E-state index contributed by atoms with van der Waals surface area (Å²) in [6, 6.07) is 11.2. The molecule has 0 atom stereocenters. The second-order valence-electron chi connectivity index (χ2n) is 6.32. The highest BCUT2D eigenvalue weighted by atomic mass is 35.5. The summed E-state index contributed by atoms with van der Waals surface area (Å²) in [7, 11) is 0. The molecule has 126 valence electrons. The molecular weight excluding hydrogens is 340 g/mol. The maximum Gasteiger partial charge on any atom is 0.254 e. The minimum atomic E-state index is 0.000304. The molecule has 2 aliphatic rings. The number of benzene rings is 2. The van der Waals surface area contributed by atoms with Crippen molar-refractivity contribution >= 4 is 28.4 Å². The van der Waals surface area contributed by atoms with E-state index in [0.717, 1.165) is 22.9 Å². The lowest BCUT2D eigenvalue weighted by atomic mass is 10.0. The van der Waals surface area contributed by atoms with Crippen LogP contribution >= 0.6 is 11.6 Å². The lowest BCUT2D eigenvalue weighted by Gasteiger charge is -2.27. The van der Waals surface area contributed by atoms with E-state index in [0.29, 0.717) is 35.2 Å². The molecule has 0 fully saturated rings. The predicted octanol–water partition coefficient (Wildman–Crippen LogP) is 3.75. The Balaban J connectivity index is 1.47. The quantitative estimate of drug-likeness (QED) is 0.724. The van der Waals surface area contributed by atoms with Gasteiger partial charge in [0.05, 0.1) is 0 Å². The molecule has 0 spiro atoms. The minimum absolute atomic E-state index is 0.000304. The minimum Gasteiger partial charge on any atom is -0.454 e. The highest BCUT2D eigenvalue weighted by Crippen LogP contribution is 2.34. The van der Waals surface area contributed by atoms with Gasteiger partial charge < -0.3 is 19.4 Å². The zero-order valence-electron chi connectivity index (χ0n) is 13.3. The number of aromatic amines is 1. The van der Waals surface area contributed by atoms with Gasteiger partial charge in [0.2, 0.25) is 6.79 Å². The van der Waals surface area contributed by atoms with E-state index in [1.54, 1.807) is 18.2 Å². The van der Waals surface area contributed by atoms with Crippen molar-refractivity contribution < 1.29 is 14.3 Å². The topological polar surface area (TPSA) is 54.6 Å². The van der Waals surface area contributed by atoms with Crippen molar-refractivity contribution in [3.8, 4) is 11.5 Å². The zero-order chi connectivity index (χ0) is 17.0. The average Bonchev–Trinajstić information content (AvgIpc) is 3.24. The molecule has 1 amide bonds. The first-order chi connectivity index (χ1) is 12.2. The van der Waals surface area contributed by atoms with Gasteiger partial charge >= 0.3 is 0 Å². The van der Waals surface area contributed by atoms with Crippen molar-refractivity contribution in [3.05, 3.63) is 58.2 Å². The Morgan fingerprint density at radius 1 is 1.12 bits per heavy atom. The molecular formula is C19H15ClN2O3. The van der Waals surface area contributed by atoms with Crippen LogP contribution in [-0.2, 0) is 13.0 Å². The number of H-pyrrole nitrogens is 1. The summed E-state index contributed by atoms with van der Waals surface area (Å²) in [4.78, 5) is 18.2. The molecule has 6 heteroatoms. The Morgan fingerprint density at radius 3 is 2.92 bits per heavy atom. The maximum atomic E-state index is 12.9. The summed E-state index contributed by atoms with van der Waals surface area (Å²) < 4.78 is 10.7. The molecule has 0 bridgehead atoms. The molecule has 0 saturated carbocycles. The van der Waals surface area contributed by atoms with Crippen molar-refractivity contribution in [1.29, 1.82) is 0 Å². The Hall–Kier alpha value is -2.66. The lowest BCUT2D eigenvalue weighted by Crippen LogP contribution is -2.35. The molecule has 0 aliphatic carbocycles. The molecule has 2 aliphatic heterocycles. The molecule has 3 aromatic rings. The molecule has 5 rings (SSSR count). The van der Waals surface area contributed by atoms with E-state index >= 15 is 0 Å². The van der Waals surface area contributed by atoms with Crippen LogP contribution in [0, 0.1) is 0 Å². The largest absolute Gasteiger partial charge is 0.454 e. The van der Waals surface area contributed by atoms with Gasteiger partial charge in [0.15, 0.2) is 11.5 Å².